The van der Waals surface area contributed by atoms with Gasteiger partial charge in [0.2, 0.25) is 0 Å². The Morgan fingerprint density at radius 3 is 2.71 bits per heavy atom. The Labute approximate surface area is 128 Å². The first-order valence-electron chi connectivity index (χ1n) is 5.75. The summed E-state index contributed by atoms with van der Waals surface area (Å²) in [6.45, 7) is 0. The van der Waals surface area contributed by atoms with Crippen LogP contribution < -0.4 is 0 Å². The van der Waals surface area contributed by atoms with E-state index < -0.39 is 30.3 Å². The smallest absolute Gasteiger partial charge is 0.327 e. The standard InChI is InChI=1S/C12H10N2O5S2/c15-9(16)5-7(11(18)19)14-10(17)8(21-12(14)20)4-6-2-1-3-13-6/h1-4,7,13H,5H2,(H,15,16)(H,18,19)/b8-4-. The second kappa shape index (κ2) is 6.10. The minimum absolute atomic E-state index is 0.0338. The number of rotatable bonds is 5. The third kappa shape index (κ3) is 3.31. The summed E-state index contributed by atoms with van der Waals surface area (Å²) in [6.07, 6.45) is 2.51. The number of hydrogen-bond donors (Lipinski definition) is 3. The Bertz CT molecular complexity index is 638. The van der Waals surface area contributed by atoms with Gasteiger partial charge in [-0.15, -0.1) is 0 Å². The molecule has 1 aliphatic rings. The normalized spacial score (nSPS) is 18.3. The molecule has 0 spiro atoms. The Hall–Kier alpha value is -2.13. The maximum Gasteiger partial charge on any atom is 0.327 e. The molecule has 1 fully saturated rings. The molecule has 0 bridgehead atoms. The molecule has 1 saturated heterocycles. The van der Waals surface area contributed by atoms with Crippen LogP contribution >= 0.6 is 24.0 Å². The number of thioether (sulfide) groups is 1. The molecule has 1 aromatic heterocycles. The molecular weight excluding hydrogens is 316 g/mol. The second-order valence-electron chi connectivity index (χ2n) is 4.13. The minimum Gasteiger partial charge on any atom is -0.481 e. The topological polar surface area (TPSA) is 111 Å². The average molecular weight is 326 g/mol. The quantitative estimate of drug-likeness (QED) is 0.549. The first-order valence-corrected chi connectivity index (χ1v) is 6.97. The SMILES string of the molecule is O=C(O)CC(C(=O)O)N1C(=O)/C(=C/c2ccc[nH]2)SC1=S. The highest BCUT2D eigenvalue weighted by atomic mass is 32.2. The Kier molecular flexibility index (Phi) is 4.43. The molecule has 3 N–H and O–H groups in total. The van der Waals surface area contributed by atoms with Crippen molar-refractivity contribution in [2.24, 2.45) is 0 Å². The van der Waals surface area contributed by atoms with E-state index in [1.54, 1.807) is 24.4 Å². The Morgan fingerprint density at radius 2 is 2.19 bits per heavy atom. The molecule has 110 valence electrons. The molecule has 1 aromatic rings. The van der Waals surface area contributed by atoms with E-state index in [1.807, 2.05) is 0 Å². The number of carbonyl (C=O) groups excluding carboxylic acids is 1. The van der Waals surface area contributed by atoms with Gasteiger partial charge in [-0.05, 0) is 18.2 Å². The van der Waals surface area contributed by atoms with Crippen molar-refractivity contribution in [1.82, 2.24) is 9.88 Å². The van der Waals surface area contributed by atoms with Gasteiger partial charge in [0.1, 0.15) is 10.4 Å². The molecule has 2 rings (SSSR count). The van der Waals surface area contributed by atoms with Gasteiger partial charge in [-0.1, -0.05) is 24.0 Å². The number of carboxylic acids is 2. The predicted molar refractivity (Wildman–Crippen MR) is 79.5 cm³/mol. The number of nitrogens with zero attached hydrogens (tertiary/aromatic N) is 1. The number of aromatic nitrogens is 1. The van der Waals surface area contributed by atoms with Crippen LogP contribution in [-0.4, -0.2) is 48.3 Å². The van der Waals surface area contributed by atoms with E-state index in [1.165, 1.54) is 0 Å². The van der Waals surface area contributed by atoms with Gasteiger partial charge in [-0.25, -0.2) is 4.79 Å². The second-order valence-corrected chi connectivity index (χ2v) is 5.80. The molecule has 0 saturated carbocycles. The van der Waals surface area contributed by atoms with E-state index in [2.05, 4.69) is 4.98 Å². The van der Waals surface area contributed by atoms with Crippen molar-refractivity contribution >= 4 is 52.2 Å². The molecule has 1 amide bonds. The summed E-state index contributed by atoms with van der Waals surface area (Å²) in [5.74, 6) is -3.33. The number of aromatic amines is 1. The zero-order chi connectivity index (χ0) is 15.6. The number of H-pyrrole nitrogens is 1. The van der Waals surface area contributed by atoms with Gasteiger partial charge in [0.25, 0.3) is 5.91 Å². The lowest BCUT2D eigenvalue weighted by Gasteiger charge is -2.21. The molecule has 1 unspecified atom stereocenters. The summed E-state index contributed by atoms with van der Waals surface area (Å²) >= 11 is 5.94. The van der Waals surface area contributed by atoms with Crippen LogP contribution in [0.2, 0.25) is 0 Å². The van der Waals surface area contributed by atoms with Gasteiger partial charge in [0.05, 0.1) is 11.3 Å². The summed E-state index contributed by atoms with van der Waals surface area (Å²) < 4.78 is 0.0338. The van der Waals surface area contributed by atoms with E-state index in [4.69, 9.17) is 22.4 Å². The summed E-state index contributed by atoms with van der Waals surface area (Å²) in [5, 5.41) is 17.9. The number of aliphatic carboxylic acids is 2. The van der Waals surface area contributed by atoms with Crippen LogP contribution in [0.1, 0.15) is 12.1 Å². The highest BCUT2D eigenvalue weighted by molar-refractivity contribution is 8.26. The van der Waals surface area contributed by atoms with Crippen molar-refractivity contribution in [3.05, 3.63) is 28.9 Å². The van der Waals surface area contributed by atoms with Crippen LogP contribution in [0.25, 0.3) is 6.08 Å². The lowest BCUT2D eigenvalue weighted by molar-refractivity contribution is -0.150. The van der Waals surface area contributed by atoms with Gasteiger partial charge in [-0.2, -0.15) is 0 Å². The first kappa shape index (κ1) is 15.3. The van der Waals surface area contributed by atoms with Crippen LogP contribution in [0.5, 0.6) is 0 Å². The van der Waals surface area contributed by atoms with Gasteiger partial charge in [0.15, 0.2) is 0 Å². The lowest BCUT2D eigenvalue weighted by Crippen LogP contribution is -2.45. The molecule has 7 nitrogen and oxygen atoms in total. The van der Waals surface area contributed by atoms with Gasteiger partial charge in [-0.3, -0.25) is 14.5 Å². The third-order valence-electron chi connectivity index (χ3n) is 2.70. The summed E-state index contributed by atoms with van der Waals surface area (Å²) in [4.78, 5) is 38.2. The summed E-state index contributed by atoms with van der Waals surface area (Å²) in [7, 11) is 0. The molecule has 0 aliphatic carbocycles. The minimum atomic E-state index is -1.51. The molecule has 21 heavy (non-hydrogen) atoms. The highest BCUT2D eigenvalue weighted by Crippen LogP contribution is 2.34. The van der Waals surface area contributed by atoms with Crippen LogP contribution in [0, 0.1) is 0 Å². The van der Waals surface area contributed by atoms with Crippen molar-refractivity contribution in [3.8, 4) is 0 Å². The molecule has 2 heterocycles. The van der Waals surface area contributed by atoms with E-state index in [0.717, 1.165) is 16.7 Å². The lowest BCUT2D eigenvalue weighted by atomic mass is 10.2. The summed E-state index contributed by atoms with van der Waals surface area (Å²) in [5.41, 5.74) is 0.667. The van der Waals surface area contributed by atoms with E-state index in [-0.39, 0.29) is 9.23 Å². The maximum atomic E-state index is 12.2. The van der Waals surface area contributed by atoms with Crippen molar-refractivity contribution in [3.63, 3.8) is 0 Å². The van der Waals surface area contributed by atoms with Crippen molar-refractivity contribution in [2.75, 3.05) is 0 Å². The van der Waals surface area contributed by atoms with E-state index in [0.29, 0.717) is 5.69 Å². The number of hydrogen-bond acceptors (Lipinski definition) is 5. The van der Waals surface area contributed by atoms with Crippen LogP contribution in [-0.2, 0) is 14.4 Å². The van der Waals surface area contributed by atoms with Gasteiger partial charge < -0.3 is 15.2 Å². The van der Waals surface area contributed by atoms with Gasteiger partial charge in [0, 0.05) is 11.9 Å². The predicted octanol–water partition coefficient (Wildman–Crippen LogP) is 1.14. The van der Waals surface area contributed by atoms with Gasteiger partial charge >= 0.3 is 11.9 Å². The Balaban J connectivity index is 2.29. The fraction of sp³-hybridized carbons (Fsp3) is 0.167. The maximum absolute atomic E-state index is 12.2. The molecule has 1 atom stereocenters. The monoisotopic (exact) mass is 326 g/mol. The Morgan fingerprint density at radius 1 is 1.48 bits per heavy atom. The van der Waals surface area contributed by atoms with Crippen molar-refractivity contribution < 1.29 is 24.6 Å². The molecule has 0 radical (unpaired) electrons. The first-order chi connectivity index (χ1) is 9.90. The van der Waals surface area contributed by atoms with Crippen molar-refractivity contribution in [2.45, 2.75) is 12.5 Å². The zero-order valence-electron chi connectivity index (χ0n) is 10.5. The number of carboxylic acid groups (broad SMARTS) is 2. The van der Waals surface area contributed by atoms with Crippen LogP contribution in [0.3, 0.4) is 0 Å². The number of carbonyl (C=O) groups is 3. The molecule has 0 aromatic carbocycles. The van der Waals surface area contributed by atoms with Crippen molar-refractivity contribution in [1.29, 1.82) is 0 Å². The molecular formula is C12H10N2O5S2. The zero-order valence-corrected chi connectivity index (χ0v) is 12.1. The van der Waals surface area contributed by atoms with Crippen LogP contribution in [0.4, 0.5) is 0 Å². The summed E-state index contributed by atoms with van der Waals surface area (Å²) in [6, 6.07) is 1.97. The average Bonchev–Trinajstić information content (AvgIpc) is 2.97. The van der Waals surface area contributed by atoms with E-state index in [9.17, 15) is 14.4 Å². The fourth-order valence-electron chi connectivity index (χ4n) is 1.78. The van der Waals surface area contributed by atoms with E-state index >= 15 is 0 Å². The highest BCUT2D eigenvalue weighted by Gasteiger charge is 2.41. The number of thiocarbonyl (C=S) groups is 1. The largest absolute Gasteiger partial charge is 0.481 e. The third-order valence-corrected chi connectivity index (χ3v) is 4.03. The van der Waals surface area contributed by atoms with Crippen LogP contribution in [0.15, 0.2) is 23.2 Å². The number of nitrogens with one attached hydrogen (secondary N) is 1. The number of amides is 1. The molecule has 9 heteroatoms. The fourth-order valence-corrected chi connectivity index (χ4v) is 3.13. The molecule has 1 aliphatic heterocycles.